The van der Waals surface area contributed by atoms with Crippen LogP contribution in [0.1, 0.15) is 37.4 Å². The highest BCUT2D eigenvalue weighted by Crippen LogP contribution is 2.37. The quantitative estimate of drug-likeness (QED) is 0.737. The zero-order valence-corrected chi connectivity index (χ0v) is 8.43. The molecule has 1 saturated carbocycles. The van der Waals surface area contributed by atoms with Gasteiger partial charge in [0.05, 0.1) is 6.54 Å². The molecule has 2 N–H and O–H groups in total. The molecule has 1 aromatic rings. The predicted octanol–water partition coefficient (Wildman–Crippen LogP) is 0.510. The molecule has 6 heteroatoms. The molecule has 0 aromatic carbocycles. The Morgan fingerprint density at radius 3 is 3.07 bits per heavy atom. The lowest BCUT2D eigenvalue weighted by atomic mass is 10.3. The second-order valence-electron chi connectivity index (χ2n) is 3.76. The van der Waals surface area contributed by atoms with Gasteiger partial charge in [0.15, 0.2) is 5.82 Å². The van der Waals surface area contributed by atoms with E-state index in [4.69, 9.17) is 9.63 Å². The third kappa shape index (κ3) is 2.53. The normalized spacial score (nSPS) is 17.7. The zero-order chi connectivity index (χ0) is 10.8. The first-order valence-corrected chi connectivity index (χ1v) is 4.95. The van der Waals surface area contributed by atoms with Crippen LogP contribution in [0.25, 0.3) is 0 Å². The number of aromatic nitrogens is 2. The average molecular weight is 211 g/mol. The van der Waals surface area contributed by atoms with Crippen LogP contribution in [-0.4, -0.2) is 27.3 Å². The topological polar surface area (TPSA) is 88.3 Å². The number of aliphatic carboxylic acids is 1. The van der Waals surface area contributed by atoms with Crippen molar-refractivity contribution in [3.8, 4) is 0 Å². The van der Waals surface area contributed by atoms with E-state index >= 15 is 0 Å². The largest absolute Gasteiger partial charge is 0.480 e. The fraction of sp³-hybridized carbons (Fsp3) is 0.667. The van der Waals surface area contributed by atoms with Gasteiger partial charge in [-0.15, -0.1) is 0 Å². The van der Waals surface area contributed by atoms with Crippen LogP contribution in [0.15, 0.2) is 4.52 Å². The van der Waals surface area contributed by atoms with Gasteiger partial charge >= 0.3 is 5.97 Å². The Morgan fingerprint density at radius 1 is 1.73 bits per heavy atom. The second-order valence-corrected chi connectivity index (χ2v) is 3.76. The molecule has 1 fully saturated rings. The first-order valence-electron chi connectivity index (χ1n) is 4.95. The molecule has 6 nitrogen and oxygen atoms in total. The van der Waals surface area contributed by atoms with E-state index < -0.39 is 12.0 Å². The van der Waals surface area contributed by atoms with Gasteiger partial charge in [0.1, 0.15) is 6.04 Å². The van der Waals surface area contributed by atoms with Crippen LogP contribution in [0.4, 0.5) is 0 Å². The summed E-state index contributed by atoms with van der Waals surface area (Å²) in [6.07, 6.45) is 2.25. The first kappa shape index (κ1) is 10.1. The van der Waals surface area contributed by atoms with Crippen LogP contribution < -0.4 is 5.32 Å². The fourth-order valence-electron chi connectivity index (χ4n) is 1.17. The van der Waals surface area contributed by atoms with Crippen LogP contribution in [0, 0.1) is 0 Å². The Hall–Kier alpha value is -1.43. The molecule has 0 bridgehead atoms. The van der Waals surface area contributed by atoms with Gasteiger partial charge < -0.3 is 9.63 Å². The van der Waals surface area contributed by atoms with Gasteiger partial charge in [-0.3, -0.25) is 10.1 Å². The third-order valence-electron chi connectivity index (χ3n) is 2.36. The number of rotatable bonds is 5. The summed E-state index contributed by atoms with van der Waals surface area (Å²) in [5.74, 6) is 0.760. The van der Waals surface area contributed by atoms with Gasteiger partial charge in [0.2, 0.25) is 5.89 Å². The molecule has 0 radical (unpaired) electrons. The molecule has 0 spiro atoms. The number of hydrogen-bond acceptors (Lipinski definition) is 5. The molecule has 0 unspecified atom stereocenters. The van der Waals surface area contributed by atoms with Gasteiger partial charge in [-0.25, -0.2) is 0 Å². The van der Waals surface area contributed by atoms with E-state index in [2.05, 4.69) is 15.5 Å². The second kappa shape index (κ2) is 3.98. The zero-order valence-electron chi connectivity index (χ0n) is 8.43. The van der Waals surface area contributed by atoms with Crippen molar-refractivity contribution >= 4 is 5.97 Å². The molecular weight excluding hydrogens is 198 g/mol. The van der Waals surface area contributed by atoms with Gasteiger partial charge in [-0.2, -0.15) is 4.98 Å². The molecule has 0 saturated heterocycles. The molecule has 1 atom stereocenters. The lowest BCUT2D eigenvalue weighted by Crippen LogP contribution is -2.33. The van der Waals surface area contributed by atoms with Crippen molar-refractivity contribution in [1.82, 2.24) is 15.5 Å². The summed E-state index contributed by atoms with van der Waals surface area (Å²) >= 11 is 0. The van der Waals surface area contributed by atoms with Crippen molar-refractivity contribution in [1.29, 1.82) is 0 Å². The lowest BCUT2D eigenvalue weighted by Gasteiger charge is -2.04. The van der Waals surface area contributed by atoms with E-state index in [1.165, 1.54) is 0 Å². The standard InChI is InChI=1S/C9H13N3O3/c1-5(9(13)14)10-4-7-11-8(12-15-7)6-2-3-6/h5-6,10H,2-4H2,1H3,(H,13,14)/t5-/m0/s1. The lowest BCUT2D eigenvalue weighted by molar-refractivity contribution is -0.139. The number of carboxylic acid groups (broad SMARTS) is 1. The average Bonchev–Trinajstić information content (AvgIpc) is 2.95. The molecule has 1 aliphatic carbocycles. The molecule has 1 aliphatic rings. The van der Waals surface area contributed by atoms with Crippen LogP contribution in [0.5, 0.6) is 0 Å². The fourth-order valence-corrected chi connectivity index (χ4v) is 1.17. The van der Waals surface area contributed by atoms with Crippen molar-refractivity contribution in [3.63, 3.8) is 0 Å². The summed E-state index contributed by atoms with van der Waals surface area (Å²) in [4.78, 5) is 14.7. The van der Waals surface area contributed by atoms with E-state index in [-0.39, 0.29) is 0 Å². The highest BCUT2D eigenvalue weighted by Gasteiger charge is 2.28. The molecule has 2 rings (SSSR count). The Balaban J connectivity index is 1.85. The van der Waals surface area contributed by atoms with Crippen LogP contribution >= 0.6 is 0 Å². The maximum absolute atomic E-state index is 10.5. The molecule has 82 valence electrons. The minimum absolute atomic E-state index is 0.299. The Bertz CT molecular complexity index is 359. The maximum Gasteiger partial charge on any atom is 0.320 e. The molecule has 1 aromatic heterocycles. The van der Waals surface area contributed by atoms with Crippen LogP contribution in [0.2, 0.25) is 0 Å². The Morgan fingerprint density at radius 2 is 2.47 bits per heavy atom. The minimum atomic E-state index is -0.892. The molecule has 0 amide bonds. The van der Waals surface area contributed by atoms with Gasteiger partial charge in [-0.1, -0.05) is 5.16 Å². The van der Waals surface area contributed by atoms with E-state index in [9.17, 15) is 4.79 Å². The molecule has 15 heavy (non-hydrogen) atoms. The molecule has 0 aliphatic heterocycles. The van der Waals surface area contributed by atoms with E-state index in [1.807, 2.05) is 0 Å². The van der Waals surface area contributed by atoms with Crippen molar-refractivity contribution in [2.75, 3.05) is 0 Å². The van der Waals surface area contributed by atoms with Gasteiger partial charge in [0.25, 0.3) is 0 Å². The van der Waals surface area contributed by atoms with Crippen molar-refractivity contribution < 1.29 is 14.4 Å². The monoisotopic (exact) mass is 211 g/mol. The Kier molecular flexibility index (Phi) is 2.68. The van der Waals surface area contributed by atoms with Crippen molar-refractivity contribution in [2.45, 2.75) is 38.3 Å². The van der Waals surface area contributed by atoms with Crippen LogP contribution in [0.3, 0.4) is 0 Å². The minimum Gasteiger partial charge on any atom is -0.480 e. The predicted molar refractivity (Wildman–Crippen MR) is 50.2 cm³/mol. The number of hydrogen-bond donors (Lipinski definition) is 2. The smallest absolute Gasteiger partial charge is 0.320 e. The summed E-state index contributed by atoms with van der Waals surface area (Å²) in [5.41, 5.74) is 0. The summed E-state index contributed by atoms with van der Waals surface area (Å²) in [7, 11) is 0. The van der Waals surface area contributed by atoms with Gasteiger partial charge in [0, 0.05) is 5.92 Å². The number of carbonyl (C=O) groups is 1. The van der Waals surface area contributed by atoms with Gasteiger partial charge in [-0.05, 0) is 19.8 Å². The highest BCUT2D eigenvalue weighted by atomic mass is 16.5. The molecular formula is C9H13N3O3. The molecule has 1 heterocycles. The van der Waals surface area contributed by atoms with Crippen molar-refractivity contribution in [2.24, 2.45) is 0 Å². The van der Waals surface area contributed by atoms with Crippen molar-refractivity contribution in [3.05, 3.63) is 11.7 Å². The van der Waals surface area contributed by atoms with E-state index in [1.54, 1.807) is 6.92 Å². The number of nitrogens with zero attached hydrogens (tertiary/aromatic N) is 2. The summed E-state index contributed by atoms with van der Waals surface area (Å²) in [6.45, 7) is 1.87. The summed E-state index contributed by atoms with van der Waals surface area (Å²) in [6, 6.07) is -0.610. The maximum atomic E-state index is 10.5. The first-order chi connectivity index (χ1) is 7.16. The number of nitrogens with one attached hydrogen (secondary N) is 1. The third-order valence-corrected chi connectivity index (χ3v) is 2.36. The highest BCUT2D eigenvalue weighted by molar-refractivity contribution is 5.72. The van der Waals surface area contributed by atoms with E-state index in [0.29, 0.717) is 18.4 Å². The SMILES string of the molecule is C[C@H](NCc1nc(C2CC2)no1)C(=O)O. The Labute approximate surface area is 86.7 Å². The number of carboxylic acids is 1. The van der Waals surface area contributed by atoms with E-state index in [0.717, 1.165) is 18.7 Å². The van der Waals surface area contributed by atoms with Crippen LogP contribution in [-0.2, 0) is 11.3 Å². The summed E-state index contributed by atoms with van der Waals surface area (Å²) in [5, 5.41) is 15.2. The summed E-state index contributed by atoms with van der Waals surface area (Å²) < 4.78 is 4.98.